The van der Waals surface area contributed by atoms with Crippen LogP contribution in [0.4, 0.5) is 0 Å². The molecule has 2 aromatic rings. The van der Waals surface area contributed by atoms with E-state index in [1.54, 1.807) is 19.1 Å². The second kappa shape index (κ2) is 5.19. The Kier molecular flexibility index (Phi) is 3.43. The SMILES string of the molecule is COC(=O)c1cc2occc2nc1C1=NC(C)(C(C)C)C(=O)N1. The fraction of sp³-hybridized carbons (Fsp3) is 0.375. The van der Waals surface area contributed by atoms with Gasteiger partial charge >= 0.3 is 5.97 Å². The van der Waals surface area contributed by atoms with Crippen LogP contribution in [0.2, 0.25) is 0 Å². The zero-order valence-electron chi connectivity index (χ0n) is 13.3. The number of amides is 1. The summed E-state index contributed by atoms with van der Waals surface area (Å²) in [5.41, 5.74) is 0.620. The lowest BCUT2D eigenvalue weighted by Gasteiger charge is -2.21. The Bertz CT molecular complexity index is 837. The van der Waals surface area contributed by atoms with Gasteiger partial charge in [-0.3, -0.25) is 4.79 Å². The number of rotatable bonds is 3. The summed E-state index contributed by atoms with van der Waals surface area (Å²) in [6.07, 6.45) is 1.48. The average molecular weight is 315 g/mol. The normalized spacial score (nSPS) is 20.7. The van der Waals surface area contributed by atoms with Gasteiger partial charge in [0.25, 0.3) is 5.91 Å². The highest BCUT2D eigenvalue weighted by Gasteiger charge is 2.43. The summed E-state index contributed by atoms with van der Waals surface area (Å²) in [6, 6.07) is 3.22. The van der Waals surface area contributed by atoms with Gasteiger partial charge in [-0.2, -0.15) is 0 Å². The molecule has 1 N–H and O–H groups in total. The summed E-state index contributed by atoms with van der Waals surface area (Å²) < 4.78 is 10.1. The van der Waals surface area contributed by atoms with Gasteiger partial charge in [0, 0.05) is 6.07 Å². The monoisotopic (exact) mass is 315 g/mol. The lowest BCUT2D eigenvalue weighted by molar-refractivity contribution is -0.124. The summed E-state index contributed by atoms with van der Waals surface area (Å²) in [5, 5.41) is 2.73. The van der Waals surface area contributed by atoms with Crippen molar-refractivity contribution in [3.63, 3.8) is 0 Å². The van der Waals surface area contributed by atoms with Crippen molar-refractivity contribution in [3.8, 4) is 0 Å². The molecule has 23 heavy (non-hydrogen) atoms. The van der Waals surface area contributed by atoms with E-state index >= 15 is 0 Å². The maximum absolute atomic E-state index is 12.3. The number of carbonyl (C=O) groups excluding carboxylic acids is 2. The van der Waals surface area contributed by atoms with Crippen LogP contribution in [0.25, 0.3) is 11.1 Å². The van der Waals surface area contributed by atoms with Crippen LogP contribution in [0, 0.1) is 5.92 Å². The summed E-state index contributed by atoms with van der Waals surface area (Å²) >= 11 is 0. The topological polar surface area (TPSA) is 93.8 Å². The number of ether oxygens (including phenoxy) is 1. The van der Waals surface area contributed by atoms with E-state index in [9.17, 15) is 9.59 Å². The predicted octanol–water partition coefficient (Wildman–Crippen LogP) is 1.91. The lowest BCUT2D eigenvalue weighted by Crippen LogP contribution is -2.41. The number of methoxy groups -OCH3 is 1. The van der Waals surface area contributed by atoms with Crippen molar-refractivity contribution in [2.24, 2.45) is 10.9 Å². The molecule has 1 atom stereocenters. The highest BCUT2D eigenvalue weighted by Crippen LogP contribution is 2.28. The summed E-state index contributed by atoms with van der Waals surface area (Å²) in [7, 11) is 1.28. The van der Waals surface area contributed by atoms with Crippen LogP contribution in [-0.4, -0.2) is 35.3 Å². The minimum Gasteiger partial charge on any atom is -0.465 e. The van der Waals surface area contributed by atoms with Gasteiger partial charge in [0.1, 0.15) is 16.7 Å². The molecule has 0 radical (unpaired) electrons. The first kappa shape index (κ1) is 15.2. The fourth-order valence-electron chi connectivity index (χ4n) is 2.39. The molecule has 0 saturated carbocycles. The number of fused-ring (bicyclic) bond motifs is 1. The molecule has 1 amide bonds. The number of furan rings is 1. The molecule has 7 nitrogen and oxygen atoms in total. The summed E-state index contributed by atoms with van der Waals surface area (Å²) in [4.78, 5) is 33.3. The average Bonchev–Trinajstić information content (AvgIpc) is 3.10. The minimum atomic E-state index is -0.893. The number of amidine groups is 1. The van der Waals surface area contributed by atoms with Gasteiger partial charge in [-0.15, -0.1) is 0 Å². The van der Waals surface area contributed by atoms with Crippen LogP contribution in [0.5, 0.6) is 0 Å². The smallest absolute Gasteiger partial charge is 0.340 e. The molecule has 1 unspecified atom stereocenters. The van der Waals surface area contributed by atoms with E-state index in [-0.39, 0.29) is 28.9 Å². The van der Waals surface area contributed by atoms with Crippen molar-refractivity contribution in [2.45, 2.75) is 26.3 Å². The molecular weight excluding hydrogens is 298 g/mol. The molecular formula is C16H17N3O4. The number of hydrogen-bond donors (Lipinski definition) is 1. The van der Waals surface area contributed by atoms with Gasteiger partial charge in [-0.05, 0) is 18.9 Å². The Labute approximate surface area is 132 Å². The van der Waals surface area contributed by atoms with Crippen LogP contribution in [0.3, 0.4) is 0 Å². The first-order valence-corrected chi connectivity index (χ1v) is 7.25. The zero-order chi connectivity index (χ0) is 16.8. The van der Waals surface area contributed by atoms with E-state index in [1.165, 1.54) is 13.4 Å². The molecule has 2 aromatic heterocycles. The van der Waals surface area contributed by atoms with Crippen molar-refractivity contribution in [1.82, 2.24) is 10.3 Å². The molecule has 0 fully saturated rings. The maximum atomic E-state index is 12.3. The number of nitrogens with one attached hydrogen (secondary N) is 1. The molecule has 120 valence electrons. The van der Waals surface area contributed by atoms with Gasteiger partial charge in [-0.1, -0.05) is 13.8 Å². The van der Waals surface area contributed by atoms with E-state index in [0.29, 0.717) is 11.1 Å². The lowest BCUT2D eigenvalue weighted by atomic mass is 9.89. The Balaban J connectivity index is 2.19. The van der Waals surface area contributed by atoms with Gasteiger partial charge in [-0.25, -0.2) is 14.8 Å². The number of nitrogens with zero attached hydrogens (tertiary/aromatic N) is 2. The Morgan fingerprint density at radius 3 is 2.78 bits per heavy atom. The Hall–Kier alpha value is -2.70. The maximum Gasteiger partial charge on any atom is 0.340 e. The highest BCUT2D eigenvalue weighted by atomic mass is 16.5. The second-order valence-electron chi connectivity index (χ2n) is 5.90. The second-order valence-corrected chi connectivity index (χ2v) is 5.90. The van der Waals surface area contributed by atoms with Crippen LogP contribution < -0.4 is 5.32 Å². The van der Waals surface area contributed by atoms with Crippen LogP contribution in [0.1, 0.15) is 36.8 Å². The van der Waals surface area contributed by atoms with Crippen molar-refractivity contribution >= 4 is 28.8 Å². The van der Waals surface area contributed by atoms with E-state index < -0.39 is 11.5 Å². The third-order valence-electron chi connectivity index (χ3n) is 4.23. The van der Waals surface area contributed by atoms with Crippen LogP contribution in [-0.2, 0) is 9.53 Å². The van der Waals surface area contributed by atoms with Gasteiger partial charge in [0.2, 0.25) is 0 Å². The number of aromatic nitrogens is 1. The molecule has 1 aliphatic heterocycles. The minimum absolute atomic E-state index is 0.000710. The summed E-state index contributed by atoms with van der Waals surface area (Å²) in [5.74, 6) is -0.512. The molecule has 0 aliphatic carbocycles. The molecule has 0 saturated heterocycles. The predicted molar refractivity (Wildman–Crippen MR) is 83.3 cm³/mol. The standard InChI is InChI=1S/C16H17N3O4/c1-8(2)16(3)15(21)18-13(19-16)12-9(14(20)22-4)7-11-10(17-12)5-6-23-11/h5-8H,1-4H3,(H,18,19,21). The first-order chi connectivity index (χ1) is 10.9. The molecule has 3 rings (SSSR count). The number of carbonyl (C=O) groups is 2. The van der Waals surface area contributed by atoms with Crippen LogP contribution in [0.15, 0.2) is 27.8 Å². The number of esters is 1. The Morgan fingerprint density at radius 2 is 2.17 bits per heavy atom. The van der Waals surface area contributed by atoms with E-state index in [1.807, 2.05) is 13.8 Å². The molecule has 0 aromatic carbocycles. The zero-order valence-corrected chi connectivity index (χ0v) is 13.3. The molecule has 7 heteroatoms. The number of hydrogen-bond acceptors (Lipinski definition) is 6. The first-order valence-electron chi connectivity index (χ1n) is 7.25. The van der Waals surface area contributed by atoms with E-state index in [0.717, 1.165) is 0 Å². The van der Waals surface area contributed by atoms with Gasteiger partial charge in [0.05, 0.1) is 18.9 Å². The van der Waals surface area contributed by atoms with E-state index in [4.69, 9.17) is 9.15 Å². The van der Waals surface area contributed by atoms with Crippen molar-refractivity contribution < 1.29 is 18.7 Å². The summed E-state index contributed by atoms with van der Waals surface area (Å²) in [6.45, 7) is 5.59. The molecule has 3 heterocycles. The number of aliphatic imine (C=N–C) groups is 1. The quantitative estimate of drug-likeness (QED) is 0.873. The van der Waals surface area contributed by atoms with Crippen molar-refractivity contribution in [3.05, 3.63) is 29.7 Å². The molecule has 0 spiro atoms. The van der Waals surface area contributed by atoms with Gasteiger partial charge < -0.3 is 14.5 Å². The Morgan fingerprint density at radius 1 is 1.43 bits per heavy atom. The van der Waals surface area contributed by atoms with Crippen molar-refractivity contribution in [2.75, 3.05) is 7.11 Å². The van der Waals surface area contributed by atoms with Crippen LogP contribution >= 0.6 is 0 Å². The highest BCUT2D eigenvalue weighted by molar-refractivity contribution is 6.18. The van der Waals surface area contributed by atoms with Gasteiger partial charge in [0.15, 0.2) is 11.4 Å². The number of pyridine rings is 1. The molecule has 0 bridgehead atoms. The van der Waals surface area contributed by atoms with E-state index in [2.05, 4.69) is 15.3 Å². The third kappa shape index (κ3) is 2.28. The fourth-order valence-corrected chi connectivity index (χ4v) is 2.39. The third-order valence-corrected chi connectivity index (χ3v) is 4.23. The largest absolute Gasteiger partial charge is 0.465 e. The van der Waals surface area contributed by atoms with Crippen molar-refractivity contribution in [1.29, 1.82) is 0 Å². The molecule has 1 aliphatic rings.